The maximum atomic E-state index is 10.5. The molecule has 0 spiro atoms. The molecule has 4 nitrogen and oxygen atoms in total. The summed E-state index contributed by atoms with van der Waals surface area (Å²) in [4.78, 5) is 21.0. The zero-order chi connectivity index (χ0) is 11.1. The van der Waals surface area contributed by atoms with E-state index in [1.165, 1.54) is 13.0 Å². The van der Waals surface area contributed by atoms with Crippen LogP contribution in [-0.4, -0.2) is 17.0 Å². The summed E-state index contributed by atoms with van der Waals surface area (Å²) in [6.07, 6.45) is 3.45. The van der Waals surface area contributed by atoms with Crippen molar-refractivity contribution in [3.05, 3.63) is 23.5 Å². The third-order valence-corrected chi connectivity index (χ3v) is 1.40. The molecule has 0 amide bonds. The molecule has 0 atom stereocenters. The van der Waals surface area contributed by atoms with Gasteiger partial charge in [-0.15, -0.1) is 0 Å². The normalized spacial score (nSPS) is 13.4. The van der Waals surface area contributed by atoms with Crippen molar-refractivity contribution in [2.75, 3.05) is 0 Å². The molecule has 0 saturated heterocycles. The molecule has 0 bridgehead atoms. The number of allylic oxidation sites excluding steroid dienone is 2. The van der Waals surface area contributed by atoms with Crippen LogP contribution >= 0.6 is 0 Å². The molecule has 0 unspecified atom stereocenters. The van der Waals surface area contributed by atoms with Crippen LogP contribution in [-0.2, 0) is 14.3 Å². The Morgan fingerprint density at radius 3 is 2.43 bits per heavy atom. The predicted molar refractivity (Wildman–Crippen MR) is 51.5 cm³/mol. The first-order chi connectivity index (χ1) is 6.61. The summed E-state index contributed by atoms with van der Waals surface area (Å²) in [5.41, 5.74) is 0.130. The van der Waals surface area contributed by atoms with E-state index in [0.717, 1.165) is 0 Å². The molecule has 0 aromatic heterocycles. The summed E-state index contributed by atoms with van der Waals surface area (Å²) in [5.74, 6) is -1.40. The Morgan fingerprint density at radius 2 is 2.00 bits per heavy atom. The van der Waals surface area contributed by atoms with Crippen LogP contribution in [0.25, 0.3) is 0 Å². The van der Waals surface area contributed by atoms with E-state index in [-0.39, 0.29) is 11.3 Å². The highest BCUT2D eigenvalue weighted by molar-refractivity contribution is 5.89. The number of hydrogen-bond acceptors (Lipinski definition) is 3. The summed E-state index contributed by atoms with van der Waals surface area (Å²) < 4.78 is 4.66. The number of hydrogen-bond donors (Lipinski definition) is 1. The van der Waals surface area contributed by atoms with Crippen LogP contribution in [0.5, 0.6) is 0 Å². The molecule has 4 heteroatoms. The van der Waals surface area contributed by atoms with Crippen LogP contribution in [0.15, 0.2) is 23.5 Å². The van der Waals surface area contributed by atoms with E-state index in [1.54, 1.807) is 6.08 Å². The molecular formula is C10H14O4. The van der Waals surface area contributed by atoms with Gasteiger partial charge in [0.05, 0.1) is 5.57 Å². The number of rotatable bonds is 2. The Bertz CT molecular complexity index is 286. The van der Waals surface area contributed by atoms with Crippen LogP contribution in [0.4, 0.5) is 0 Å². The fourth-order valence-electron chi connectivity index (χ4n) is 0.928. The number of carbonyl (C=O) groups is 2. The highest BCUT2D eigenvalue weighted by atomic mass is 16.5. The van der Waals surface area contributed by atoms with Crippen LogP contribution in [0, 0.1) is 0 Å². The summed E-state index contributed by atoms with van der Waals surface area (Å²) in [7, 11) is 0. The monoisotopic (exact) mass is 198 g/mol. The molecule has 1 aliphatic rings. The molecule has 0 aliphatic heterocycles. The van der Waals surface area contributed by atoms with Crippen molar-refractivity contribution >= 4 is 11.9 Å². The Kier molecular flexibility index (Phi) is 5.29. The molecule has 1 aliphatic carbocycles. The maximum Gasteiger partial charge on any atom is 0.335 e. The Balaban J connectivity index is 0.000000791. The molecule has 78 valence electrons. The average molecular weight is 198 g/mol. The van der Waals surface area contributed by atoms with Gasteiger partial charge in [-0.05, 0) is 6.08 Å². The van der Waals surface area contributed by atoms with Gasteiger partial charge >= 0.3 is 11.9 Å². The van der Waals surface area contributed by atoms with Crippen molar-refractivity contribution in [3.63, 3.8) is 0 Å². The lowest BCUT2D eigenvalue weighted by atomic mass is 10.2. The topological polar surface area (TPSA) is 63.6 Å². The Labute approximate surface area is 82.9 Å². The van der Waals surface area contributed by atoms with E-state index in [1.807, 2.05) is 13.8 Å². The van der Waals surface area contributed by atoms with Crippen molar-refractivity contribution in [2.45, 2.75) is 27.2 Å². The van der Waals surface area contributed by atoms with E-state index in [0.29, 0.717) is 6.42 Å². The van der Waals surface area contributed by atoms with Gasteiger partial charge in [-0.25, -0.2) is 4.79 Å². The maximum absolute atomic E-state index is 10.5. The SMILES string of the molecule is CC.CC(=O)OC1=C(C(=O)O)CC=C1. The third kappa shape index (κ3) is 3.43. The van der Waals surface area contributed by atoms with E-state index in [4.69, 9.17) is 5.11 Å². The van der Waals surface area contributed by atoms with Gasteiger partial charge in [-0.1, -0.05) is 19.9 Å². The molecule has 0 fully saturated rings. The quantitative estimate of drug-likeness (QED) is 0.688. The second kappa shape index (κ2) is 5.96. The van der Waals surface area contributed by atoms with Gasteiger partial charge in [-0.3, -0.25) is 4.79 Å². The molecule has 0 aromatic rings. The van der Waals surface area contributed by atoms with Crippen LogP contribution in [0.2, 0.25) is 0 Å². The third-order valence-electron chi connectivity index (χ3n) is 1.40. The lowest BCUT2D eigenvalue weighted by Crippen LogP contribution is -2.04. The number of carboxylic acid groups (broad SMARTS) is 1. The summed E-state index contributed by atoms with van der Waals surface area (Å²) in [6.45, 7) is 5.23. The Hall–Kier alpha value is -1.58. The summed E-state index contributed by atoms with van der Waals surface area (Å²) in [5, 5.41) is 8.61. The molecule has 0 radical (unpaired) electrons. The number of carboxylic acids is 1. The molecule has 1 N–H and O–H groups in total. The van der Waals surface area contributed by atoms with E-state index >= 15 is 0 Å². The lowest BCUT2D eigenvalue weighted by Gasteiger charge is -2.01. The molecule has 0 heterocycles. The van der Waals surface area contributed by atoms with E-state index in [9.17, 15) is 9.59 Å². The minimum absolute atomic E-state index is 0.130. The first-order valence-corrected chi connectivity index (χ1v) is 4.42. The highest BCUT2D eigenvalue weighted by Crippen LogP contribution is 2.19. The minimum Gasteiger partial charge on any atom is -0.478 e. The standard InChI is InChI=1S/C8H8O4.C2H6/c1-5(9)12-7-4-2-3-6(7)8(10)11;1-2/h2,4H,3H2,1H3,(H,10,11);1-2H3. The van der Waals surface area contributed by atoms with E-state index < -0.39 is 11.9 Å². The number of aliphatic carboxylic acids is 1. The van der Waals surface area contributed by atoms with Crippen molar-refractivity contribution in [1.29, 1.82) is 0 Å². The van der Waals surface area contributed by atoms with Gasteiger partial charge in [0.25, 0.3) is 0 Å². The summed E-state index contributed by atoms with van der Waals surface area (Å²) in [6, 6.07) is 0. The summed E-state index contributed by atoms with van der Waals surface area (Å²) >= 11 is 0. The van der Waals surface area contributed by atoms with Crippen molar-refractivity contribution in [1.82, 2.24) is 0 Å². The van der Waals surface area contributed by atoms with Gasteiger partial charge in [0.1, 0.15) is 5.76 Å². The van der Waals surface area contributed by atoms with E-state index in [2.05, 4.69) is 4.74 Å². The van der Waals surface area contributed by atoms with Crippen molar-refractivity contribution in [3.8, 4) is 0 Å². The van der Waals surface area contributed by atoms with Crippen LogP contribution in [0.1, 0.15) is 27.2 Å². The fraction of sp³-hybridized carbons (Fsp3) is 0.400. The van der Waals surface area contributed by atoms with Gasteiger partial charge in [-0.2, -0.15) is 0 Å². The molecular weight excluding hydrogens is 184 g/mol. The molecule has 14 heavy (non-hydrogen) atoms. The first-order valence-electron chi connectivity index (χ1n) is 4.42. The van der Waals surface area contributed by atoms with Crippen LogP contribution in [0.3, 0.4) is 0 Å². The predicted octanol–water partition coefficient (Wildman–Crippen LogP) is 1.87. The number of ether oxygens (including phenoxy) is 1. The number of esters is 1. The average Bonchev–Trinajstić information content (AvgIpc) is 2.55. The number of carbonyl (C=O) groups excluding carboxylic acids is 1. The van der Waals surface area contributed by atoms with Gasteiger partial charge < -0.3 is 9.84 Å². The molecule has 0 saturated carbocycles. The first kappa shape index (κ1) is 12.4. The minimum atomic E-state index is -1.05. The smallest absolute Gasteiger partial charge is 0.335 e. The second-order valence-corrected chi connectivity index (χ2v) is 2.35. The van der Waals surface area contributed by atoms with Crippen molar-refractivity contribution in [2.24, 2.45) is 0 Å². The Morgan fingerprint density at radius 1 is 1.43 bits per heavy atom. The van der Waals surface area contributed by atoms with Crippen LogP contribution < -0.4 is 0 Å². The fourth-order valence-corrected chi connectivity index (χ4v) is 0.928. The lowest BCUT2D eigenvalue weighted by molar-refractivity contribution is -0.136. The largest absolute Gasteiger partial charge is 0.478 e. The second-order valence-electron chi connectivity index (χ2n) is 2.35. The zero-order valence-electron chi connectivity index (χ0n) is 8.53. The van der Waals surface area contributed by atoms with Gasteiger partial charge in [0.15, 0.2) is 0 Å². The molecule has 0 aromatic carbocycles. The van der Waals surface area contributed by atoms with Gasteiger partial charge in [0, 0.05) is 13.3 Å². The van der Waals surface area contributed by atoms with Crippen molar-refractivity contribution < 1.29 is 19.4 Å². The highest BCUT2D eigenvalue weighted by Gasteiger charge is 2.18. The van der Waals surface area contributed by atoms with Gasteiger partial charge in [0.2, 0.25) is 0 Å². The zero-order valence-corrected chi connectivity index (χ0v) is 8.53. The molecule has 1 rings (SSSR count).